The van der Waals surface area contributed by atoms with Crippen LogP contribution in [0.4, 0.5) is 0 Å². The van der Waals surface area contributed by atoms with Gasteiger partial charge in [-0.2, -0.15) is 0 Å². The number of rotatable bonds is 3. The van der Waals surface area contributed by atoms with Crippen molar-refractivity contribution in [1.82, 2.24) is 0 Å². The Kier molecular flexibility index (Phi) is 5.82. The number of halogens is 1. The second kappa shape index (κ2) is 7.23. The van der Waals surface area contributed by atoms with Crippen LogP contribution < -0.4 is 17.7 Å². The van der Waals surface area contributed by atoms with Crippen molar-refractivity contribution in [3.63, 3.8) is 0 Å². The van der Waals surface area contributed by atoms with E-state index in [2.05, 4.69) is 33.0 Å². The van der Waals surface area contributed by atoms with Crippen LogP contribution in [0.1, 0.15) is 91.9 Å². The molecule has 4 rings (SSSR count). The Morgan fingerprint density at radius 2 is 1.65 bits per heavy atom. The molecular formula is C23H42ClNO. The van der Waals surface area contributed by atoms with E-state index >= 15 is 0 Å². The van der Waals surface area contributed by atoms with Crippen LogP contribution in [-0.2, 0) is 0 Å². The standard InChI is InChI=1S/C23H41NO.ClH/c1-16(2)24-15-23(25)14-11-20-18-9-8-17-7-5-6-12-21(17,3)19(18)10-13-22(20,23)4;/h16-20,24-25H,5-15H2,1-4H3;1H. The molecule has 4 aliphatic rings. The van der Waals surface area contributed by atoms with Gasteiger partial charge in [-0.3, -0.25) is 0 Å². The number of fused-ring (bicyclic) bond motifs is 5. The second-order valence-corrected chi connectivity index (χ2v) is 11.1. The quantitative estimate of drug-likeness (QED) is 0.753. The van der Waals surface area contributed by atoms with Crippen LogP contribution in [0.3, 0.4) is 0 Å². The molecule has 0 aromatic rings. The Balaban J connectivity index is 0.00000196. The van der Waals surface area contributed by atoms with E-state index in [0.29, 0.717) is 11.5 Å². The van der Waals surface area contributed by atoms with Gasteiger partial charge in [0.05, 0.1) is 6.04 Å². The average molecular weight is 384 g/mol. The highest BCUT2D eigenvalue weighted by atomic mass is 35.5. The molecule has 0 radical (unpaired) electrons. The maximum absolute atomic E-state index is 11.7. The monoisotopic (exact) mass is 383 g/mol. The zero-order chi connectivity index (χ0) is 17.9. The maximum Gasteiger partial charge on any atom is 0.119 e. The third-order valence-electron chi connectivity index (χ3n) is 9.83. The fourth-order valence-corrected chi connectivity index (χ4v) is 8.17. The summed E-state index contributed by atoms with van der Waals surface area (Å²) >= 11 is 0. The molecule has 0 aliphatic heterocycles. The second-order valence-electron chi connectivity index (χ2n) is 11.1. The van der Waals surface area contributed by atoms with Crippen molar-refractivity contribution >= 4 is 0 Å². The molecule has 0 amide bonds. The molecule has 7 unspecified atom stereocenters. The van der Waals surface area contributed by atoms with Gasteiger partial charge in [0.15, 0.2) is 0 Å². The van der Waals surface area contributed by atoms with Crippen molar-refractivity contribution in [2.75, 3.05) is 6.54 Å². The molecule has 0 spiro atoms. The van der Waals surface area contributed by atoms with Gasteiger partial charge in [-0.15, -0.1) is 0 Å². The lowest BCUT2D eigenvalue weighted by Crippen LogP contribution is -3.00. The number of quaternary nitrogens is 1. The first-order chi connectivity index (χ1) is 11.8. The predicted octanol–water partition coefficient (Wildman–Crippen LogP) is 1.13. The summed E-state index contributed by atoms with van der Waals surface area (Å²) in [5, 5.41) is 14.0. The van der Waals surface area contributed by atoms with Crippen molar-refractivity contribution in [2.24, 2.45) is 34.5 Å². The van der Waals surface area contributed by atoms with E-state index in [1.165, 1.54) is 57.8 Å². The van der Waals surface area contributed by atoms with Gasteiger partial charge >= 0.3 is 0 Å². The van der Waals surface area contributed by atoms with Gasteiger partial charge in [-0.1, -0.05) is 26.7 Å². The van der Waals surface area contributed by atoms with Gasteiger partial charge < -0.3 is 22.8 Å². The maximum atomic E-state index is 11.7. The van der Waals surface area contributed by atoms with Crippen LogP contribution in [0.25, 0.3) is 0 Å². The Hall–Kier alpha value is 0.210. The van der Waals surface area contributed by atoms with E-state index in [-0.39, 0.29) is 17.8 Å². The fourth-order valence-electron chi connectivity index (χ4n) is 8.17. The van der Waals surface area contributed by atoms with Crippen LogP contribution in [0, 0.1) is 34.5 Å². The van der Waals surface area contributed by atoms with Crippen molar-refractivity contribution < 1.29 is 22.8 Å². The minimum Gasteiger partial charge on any atom is -1.00 e. The lowest BCUT2D eigenvalue weighted by Gasteiger charge is -2.61. The number of hydrogen-bond acceptors (Lipinski definition) is 1. The summed E-state index contributed by atoms with van der Waals surface area (Å²) in [6.45, 7) is 10.5. The predicted molar refractivity (Wildman–Crippen MR) is 103 cm³/mol. The van der Waals surface area contributed by atoms with Gasteiger partial charge in [0.1, 0.15) is 12.1 Å². The number of nitrogens with two attached hydrogens (primary N) is 1. The number of aliphatic hydroxyl groups is 1. The summed E-state index contributed by atoms with van der Waals surface area (Å²) in [6, 6.07) is 0.583. The lowest BCUT2D eigenvalue weighted by atomic mass is 9.44. The summed E-state index contributed by atoms with van der Waals surface area (Å²) < 4.78 is 0. The molecule has 3 heteroatoms. The molecule has 152 valence electrons. The third kappa shape index (κ3) is 2.98. The first-order valence-electron chi connectivity index (χ1n) is 11.4. The van der Waals surface area contributed by atoms with Crippen molar-refractivity contribution in [2.45, 2.75) is 104 Å². The first kappa shape index (κ1) is 20.9. The van der Waals surface area contributed by atoms with Crippen LogP contribution >= 0.6 is 0 Å². The van der Waals surface area contributed by atoms with Crippen LogP contribution in [0.2, 0.25) is 0 Å². The summed E-state index contributed by atoms with van der Waals surface area (Å²) in [5.74, 6) is 3.62. The minimum absolute atomic E-state index is 0. The Bertz CT molecular complexity index is 510. The Labute approximate surface area is 167 Å². The lowest BCUT2D eigenvalue weighted by molar-refractivity contribution is -0.696. The van der Waals surface area contributed by atoms with E-state index in [1.54, 1.807) is 0 Å². The molecule has 4 fully saturated rings. The molecule has 4 aliphatic carbocycles. The summed E-state index contributed by atoms with van der Waals surface area (Å²) in [5.41, 5.74) is 0.349. The SMILES string of the molecule is CC(C)[NH2+]CC1(O)CCC2C3CCC4CCCCC4(C)C3CCC21C.[Cl-]. The van der Waals surface area contributed by atoms with Gasteiger partial charge in [-0.05, 0) is 94.3 Å². The van der Waals surface area contributed by atoms with E-state index in [4.69, 9.17) is 0 Å². The first-order valence-corrected chi connectivity index (χ1v) is 11.4. The largest absolute Gasteiger partial charge is 1.00 e. The third-order valence-corrected chi connectivity index (χ3v) is 9.83. The zero-order valence-electron chi connectivity index (χ0n) is 17.6. The van der Waals surface area contributed by atoms with E-state index in [9.17, 15) is 5.11 Å². The highest BCUT2D eigenvalue weighted by Crippen LogP contribution is 2.68. The molecule has 3 N–H and O–H groups in total. The molecule has 4 saturated carbocycles. The summed E-state index contributed by atoms with van der Waals surface area (Å²) in [7, 11) is 0. The van der Waals surface area contributed by atoms with Crippen LogP contribution in [0.15, 0.2) is 0 Å². The van der Waals surface area contributed by atoms with Gasteiger partial charge in [0, 0.05) is 5.41 Å². The Morgan fingerprint density at radius 3 is 2.38 bits per heavy atom. The van der Waals surface area contributed by atoms with Gasteiger partial charge in [0.25, 0.3) is 0 Å². The van der Waals surface area contributed by atoms with E-state index < -0.39 is 5.60 Å². The summed E-state index contributed by atoms with van der Waals surface area (Å²) in [4.78, 5) is 0. The normalized spacial score (nSPS) is 50.5. The molecule has 0 saturated heterocycles. The molecule has 0 heterocycles. The van der Waals surface area contributed by atoms with E-state index in [1.807, 2.05) is 0 Å². The molecular weight excluding hydrogens is 342 g/mol. The molecule has 26 heavy (non-hydrogen) atoms. The molecule has 2 nitrogen and oxygen atoms in total. The molecule has 0 bridgehead atoms. The van der Waals surface area contributed by atoms with Gasteiger partial charge in [-0.25, -0.2) is 0 Å². The molecule has 0 aromatic carbocycles. The smallest absolute Gasteiger partial charge is 0.119 e. The van der Waals surface area contributed by atoms with Gasteiger partial charge in [0.2, 0.25) is 0 Å². The van der Waals surface area contributed by atoms with E-state index in [0.717, 1.165) is 36.6 Å². The van der Waals surface area contributed by atoms with Crippen LogP contribution in [-0.4, -0.2) is 23.3 Å². The van der Waals surface area contributed by atoms with Crippen molar-refractivity contribution in [3.8, 4) is 0 Å². The summed E-state index contributed by atoms with van der Waals surface area (Å²) in [6.07, 6.45) is 13.8. The molecule has 0 aromatic heterocycles. The minimum atomic E-state index is -0.433. The molecule has 7 atom stereocenters. The van der Waals surface area contributed by atoms with Crippen molar-refractivity contribution in [1.29, 1.82) is 0 Å². The zero-order valence-corrected chi connectivity index (χ0v) is 18.3. The average Bonchev–Trinajstić information content (AvgIpc) is 2.84. The Morgan fingerprint density at radius 1 is 0.923 bits per heavy atom. The fraction of sp³-hybridized carbons (Fsp3) is 1.00. The van der Waals surface area contributed by atoms with Crippen molar-refractivity contribution in [3.05, 3.63) is 0 Å². The highest BCUT2D eigenvalue weighted by Gasteiger charge is 2.64. The van der Waals surface area contributed by atoms with Crippen LogP contribution in [0.5, 0.6) is 0 Å². The topological polar surface area (TPSA) is 36.8 Å². The highest BCUT2D eigenvalue weighted by molar-refractivity contribution is 5.13. The number of hydrogen-bond donors (Lipinski definition) is 2.